The molecular weight excluding hydrogens is 174 g/mol. The van der Waals surface area contributed by atoms with Gasteiger partial charge in [-0.2, -0.15) is 0 Å². The number of primary amides is 1. The van der Waals surface area contributed by atoms with E-state index in [2.05, 4.69) is 10.3 Å². The number of aromatic nitrogens is 1. The first-order valence-corrected chi connectivity index (χ1v) is 4.45. The third-order valence-corrected chi connectivity index (χ3v) is 2.51. The Morgan fingerprint density at radius 1 is 1.83 bits per heavy atom. The van der Waals surface area contributed by atoms with Gasteiger partial charge in [0, 0.05) is 11.1 Å². The number of hydrogen-bond donors (Lipinski definition) is 2. The van der Waals surface area contributed by atoms with Gasteiger partial charge < -0.3 is 11.1 Å². The van der Waals surface area contributed by atoms with Gasteiger partial charge in [0.15, 0.2) is 0 Å². The predicted octanol–water partition coefficient (Wildman–Crippen LogP) is 1.18. The van der Waals surface area contributed by atoms with Gasteiger partial charge in [-0.15, -0.1) is 11.3 Å². The third-order valence-electron chi connectivity index (χ3n) is 1.37. The van der Waals surface area contributed by atoms with E-state index in [-0.39, 0.29) is 6.04 Å². The molecule has 0 bridgehead atoms. The van der Waals surface area contributed by atoms with Crippen molar-refractivity contribution in [2.24, 2.45) is 5.73 Å². The quantitative estimate of drug-likeness (QED) is 0.726. The van der Waals surface area contributed by atoms with E-state index >= 15 is 0 Å². The number of nitrogens with zero attached hydrogens (tertiary/aromatic N) is 1. The fourth-order valence-corrected chi connectivity index (χ4v) is 1.65. The summed E-state index contributed by atoms with van der Waals surface area (Å²) in [5, 5.41) is 5.38. The number of nitrogens with two attached hydrogens (primary N) is 1. The van der Waals surface area contributed by atoms with E-state index < -0.39 is 6.03 Å². The molecule has 0 saturated carbocycles. The van der Waals surface area contributed by atoms with Crippen molar-refractivity contribution >= 4 is 17.4 Å². The van der Waals surface area contributed by atoms with Crippen molar-refractivity contribution in [3.05, 3.63) is 16.1 Å². The molecule has 0 spiro atoms. The molecule has 12 heavy (non-hydrogen) atoms. The molecule has 4 nitrogen and oxygen atoms in total. The minimum atomic E-state index is -0.518. The third kappa shape index (κ3) is 2.20. The summed E-state index contributed by atoms with van der Waals surface area (Å²) in [7, 11) is 0. The van der Waals surface area contributed by atoms with Crippen molar-refractivity contribution in [2.45, 2.75) is 19.9 Å². The predicted molar refractivity (Wildman–Crippen MR) is 48.0 cm³/mol. The van der Waals surface area contributed by atoms with Gasteiger partial charge in [0.2, 0.25) is 0 Å². The van der Waals surface area contributed by atoms with E-state index in [4.69, 9.17) is 5.73 Å². The molecule has 1 rings (SSSR count). The molecule has 1 unspecified atom stereocenters. The van der Waals surface area contributed by atoms with Gasteiger partial charge in [-0.05, 0) is 13.8 Å². The first-order valence-electron chi connectivity index (χ1n) is 3.57. The number of thiazole rings is 1. The number of aryl methyl sites for hydroxylation is 1. The molecule has 0 saturated heterocycles. The highest BCUT2D eigenvalue weighted by atomic mass is 32.1. The lowest BCUT2D eigenvalue weighted by atomic mass is 10.3. The van der Waals surface area contributed by atoms with Crippen molar-refractivity contribution < 1.29 is 4.79 Å². The van der Waals surface area contributed by atoms with Crippen molar-refractivity contribution in [2.75, 3.05) is 0 Å². The van der Waals surface area contributed by atoms with E-state index in [1.807, 2.05) is 19.2 Å². The van der Waals surface area contributed by atoms with Crippen LogP contribution in [0.15, 0.2) is 5.38 Å². The molecule has 2 amide bonds. The van der Waals surface area contributed by atoms with Crippen LogP contribution in [-0.4, -0.2) is 11.0 Å². The molecule has 5 heteroatoms. The van der Waals surface area contributed by atoms with E-state index in [0.29, 0.717) is 0 Å². The monoisotopic (exact) mass is 185 g/mol. The first kappa shape index (κ1) is 8.99. The average molecular weight is 185 g/mol. The molecule has 1 atom stereocenters. The molecule has 0 aromatic carbocycles. The molecule has 0 aliphatic rings. The Morgan fingerprint density at radius 3 is 2.92 bits per heavy atom. The zero-order valence-electron chi connectivity index (χ0n) is 7.00. The second-order valence-corrected chi connectivity index (χ2v) is 3.45. The molecule has 0 radical (unpaired) electrons. The minimum absolute atomic E-state index is 0.0961. The van der Waals surface area contributed by atoms with Crippen molar-refractivity contribution in [3.8, 4) is 0 Å². The molecule has 1 heterocycles. The lowest BCUT2D eigenvalue weighted by Gasteiger charge is -2.07. The Kier molecular flexibility index (Phi) is 2.65. The van der Waals surface area contributed by atoms with Gasteiger partial charge in [0.05, 0.1) is 6.04 Å². The highest BCUT2D eigenvalue weighted by Gasteiger charge is 2.09. The molecule has 1 aromatic heterocycles. The molecule has 3 N–H and O–H groups in total. The van der Waals surface area contributed by atoms with Crippen LogP contribution in [0.1, 0.15) is 23.7 Å². The van der Waals surface area contributed by atoms with Crippen LogP contribution in [0.2, 0.25) is 0 Å². The van der Waals surface area contributed by atoms with Crippen LogP contribution in [0.5, 0.6) is 0 Å². The standard InChI is InChI=1S/C7H11N3OS/c1-4-3-12-6(9-4)5(2)10-7(8)11/h3,5H,1-2H3,(H3,8,10,11). The van der Waals surface area contributed by atoms with Crippen LogP contribution in [-0.2, 0) is 0 Å². The Hall–Kier alpha value is -1.10. The van der Waals surface area contributed by atoms with Crippen LogP contribution in [0, 0.1) is 6.92 Å². The van der Waals surface area contributed by atoms with Crippen LogP contribution in [0.3, 0.4) is 0 Å². The molecule has 1 aromatic rings. The maximum atomic E-state index is 10.5. The van der Waals surface area contributed by atoms with Gasteiger partial charge in [0.25, 0.3) is 0 Å². The number of carbonyl (C=O) groups is 1. The minimum Gasteiger partial charge on any atom is -0.352 e. The zero-order valence-corrected chi connectivity index (χ0v) is 7.81. The van der Waals surface area contributed by atoms with Gasteiger partial charge in [-0.25, -0.2) is 9.78 Å². The normalized spacial score (nSPS) is 12.5. The number of rotatable bonds is 2. The number of urea groups is 1. The molecule has 0 fully saturated rings. The fraction of sp³-hybridized carbons (Fsp3) is 0.429. The van der Waals surface area contributed by atoms with Gasteiger partial charge >= 0.3 is 6.03 Å². The van der Waals surface area contributed by atoms with E-state index in [9.17, 15) is 4.79 Å². The SMILES string of the molecule is Cc1csc(C(C)NC(N)=O)n1. The zero-order chi connectivity index (χ0) is 9.14. The highest BCUT2D eigenvalue weighted by molar-refractivity contribution is 7.09. The van der Waals surface area contributed by atoms with Gasteiger partial charge in [-0.1, -0.05) is 0 Å². The van der Waals surface area contributed by atoms with E-state index in [1.54, 1.807) is 0 Å². The summed E-state index contributed by atoms with van der Waals surface area (Å²) in [5.74, 6) is 0. The first-order chi connectivity index (χ1) is 5.59. The van der Waals surface area contributed by atoms with Gasteiger partial charge in [0.1, 0.15) is 5.01 Å². The molecular formula is C7H11N3OS. The van der Waals surface area contributed by atoms with Crippen LogP contribution in [0.25, 0.3) is 0 Å². The summed E-state index contributed by atoms with van der Waals surface area (Å²) in [5.41, 5.74) is 5.93. The second kappa shape index (κ2) is 3.53. The van der Waals surface area contributed by atoms with Crippen LogP contribution >= 0.6 is 11.3 Å². The Bertz CT molecular complexity index is 284. The topological polar surface area (TPSA) is 68.0 Å². The maximum Gasteiger partial charge on any atom is 0.312 e. The lowest BCUT2D eigenvalue weighted by molar-refractivity contribution is 0.246. The summed E-state index contributed by atoms with van der Waals surface area (Å²) in [4.78, 5) is 14.7. The molecule has 0 aliphatic carbocycles. The van der Waals surface area contributed by atoms with Crippen molar-refractivity contribution in [1.29, 1.82) is 0 Å². The average Bonchev–Trinajstić information content (AvgIpc) is 2.34. The number of amides is 2. The van der Waals surface area contributed by atoms with E-state index in [1.165, 1.54) is 11.3 Å². The lowest BCUT2D eigenvalue weighted by Crippen LogP contribution is -2.31. The number of nitrogens with one attached hydrogen (secondary N) is 1. The van der Waals surface area contributed by atoms with Crippen LogP contribution < -0.4 is 11.1 Å². The Balaban J connectivity index is 2.64. The Labute approximate surface area is 74.8 Å². The second-order valence-electron chi connectivity index (χ2n) is 2.56. The van der Waals surface area contributed by atoms with Crippen molar-refractivity contribution in [3.63, 3.8) is 0 Å². The maximum absolute atomic E-state index is 10.5. The van der Waals surface area contributed by atoms with Crippen molar-refractivity contribution in [1.82, 2.24) is 10.3 Å². The number of hydrogen-bond acceptors (Lipinski definition) is 3. The summed E-state index contributed by atoms with van der Waals surface area (Å²) in [6.45, 7) is 3.76. The summed E-state index contributed by atoms with van der Waals surface area (Å²) >= 11 is 1.52. The smallest absolute Gasteiger partial charge is 0.312 e. The van der Waals surface area contributed by atoms with E-state index in [0.717, 1.165) is 10.7 Å². The van der Waals surface area contributed by atoms with Crippen LogP contribution in [0.4, 0.5) is 4.79 Å². The number of carbonyl (C=O) groups excluding carboxylic acids is 1. The summed E-state index contributed by atoms with van der Waals surface area (Å²) < 4.78 is 0. The molecule has 0 aliphatic heterocycles. The highest BCUT2D eigenvalue weighted by Crippen LogP contribution is 2.16. The largest absolute Gasteiger partial charge is 0.352 e. The summed E-state index contributed by atoms with van der Waals surface area (Å²) in [6.07, 6.45) is 0. The fourth-order valence-electron chi connectivity index (χ4n) is 0.846. The molecule has 66 valence electrons. The Morgan fingerprint density at radius 2 is 2.50 bits per heavy atom. The summed E-state index contributed by atoms with van der Waals surface area (Å²) in [6, 6.07) is -0.614. The van der Waals surface area contributed by atoms with Gasteiger partial charge in [-0.3, -0.25) is 0 Å².